The molecule has 6 nitrogen and oxygen atoms in total. The zero-order valence-electron chi connectivity index (χ0n) is 10.6. The van der Waals surface area contributed by atoms with Crippen molar-refractivity contribution in [2.24, 2.45) is 11.8 Å². The van der Waals surface area contributed by atoms with Gasteiger partial charge in [0.1, 0.15) is 9.77 Å². The van der Waals surface area contributed by atoms with Gasteiger partial charge in [-0.2, -0.15) is 4.31 Å². The van der Waals surface area contributed by atoms with E-state index in [1.165, 1.54) is 10.4 Å². The lowest BCUT2D eigenvalue weighted by Gasteiger charge is -2.29. The maximum Gasteiger partial charge on any atom is 0.276 e. The third-order valence-corrected chi connectivity index (χ3v) is 6.15. The quantitative estimate of drug-likeness (QED) is 0.490. The van der Waals surface area contributed by atoms with Crippen molar-refractivity contribution >= 4 is 27.3 Å². The highest BCUT2D eigenvalue weighted by Crippen LogP contribution is 2.28. The SMILES string of the molecule is CC1CCCN(S(=O)(=O)c2ccsc2C(=O)NN)C1. The lowest BCUT2D eigenvalue weighted by Crippen LogP contribution is -2.40. The molecule has 1 atom stereocenters. The normalized spacial score (nSPS) is 21.3. The summed E-state index contributed by atoms with van der Waals surface area (Å²) in [7, 11) is -3.61. The minimum Gasteiger partial charge on any atom is -0.289 e. The van der Waals surface area contributed by atoms with Gasteiger partial charge in [0.15, 0.2) is 0 Å². The second-order valence-electron chi connectivity index (χ2n) is 4.70. The van der Waals surface area contributed by atoms with Gasteiger partial charge in [0.05, 0.1) is 0 Å². The predicted octanol–water partition coefficient (Wildman–Crippen LogP) is 0.772. The van der Waals surface area contributed by atoms with E-state index in [1.807, 2.05) is 12.3 Å². The molecule has 106 valence electrons. The number of carbonyl (C=O) groups is 1. The van der Waals surface area contributed by atoms with E-state index < -0.39 is 15.9 Å². The summed E-state index contributed by atoms with van der Waals surface area (Å²) in [5.74, 6) is 4.85. The van der Waals surface area contributed by atoms with Crippen LogP contribution in [0.25, 0.3) is 0 Å². The lowest BCUT2D eigenvalue weighted by molar-refractivity contribution is 0.0954. The molecule has 1 aromatic heterocycles. The summed E-state index contributed by atoms with van der Waals surface area (Å²) in [6.45, 7) is 3.04. The van der Waals surface area contributed by atoms with Crippen molar-refractivity contribution in [1.82, 2.24) is 9.73 Å². The number of hydrogen-bond donors (Lipinski definition) is 2. The summed E-state index contributed by atoms with van der Waals surface area (Å²) in [5, 5.41) is 1.59. The van der Waals surface area contributed by atoms with Crippen LogP contribution in [0.3, 0.4) is 0 Å². The molecule has 0 spiro atoms. The summed E-state index contributed by atoms with van der Waals surface area (Å²) in [6, 6.07) is 1.46. The fourth-order valence-corrected chi connectivity index (χ4v) is 5.14. The second-order valence-corrected chi connectivity index (χ2v) is 7.52. The van der Waals surface area contributed by atoms with Gasteiger partial charge in [-0.15, -0.1) is 11.3 Å². The molecule has 0 aliphatic carbocycles. The van der Waals surface area contributed by atoms with Gasteiger partial charge in [0.2, 0.25) is 10.0 Å². The average molecular weight is 303 g/mol. The van der Waals surface area contributed by atoms with Crippen molar-refractivity contribution < 1.29 is 13.2 Å². The number of nitrogens with zero attached hydrogens (tertiary/aromatic N) is 1. The number of amides is 1. The zero-order valence-corrected chi connectivity index (χ0v) is 12.3. The van der Waals surface area contributed by atoms with Gasteiger partial charge in [0.25, 0.3) is 5.91 Å². The van der Waals surface area contributed by atoms with E-state index in [2.05, 4.69) is 0 Å². The number of hydrogen-bond acceptors (Lipinski definition) is 5. The van der Waals surface area contributed by atoms with E-state index in [9.17, 15) is 13.2 Å². The average Bonchev–Trinajstić information content (AvgIpc) is 2.87. The van der Waals surface area contributed by atoms with Gasteiger partial charge in [-0.3, -0.25) is 10.2 Å². The third kappa shape index (κ3) is 2.81. The standard InChI is InChI=1S/C11H17N3O3S2/c1-8-3-2-5-14(7-8)19(16,17)9-4-6-18-10(9)11(15)13-12/h4,6,8H,2-3,5,7,12H2,1H3,(H,13,15). The molecular weight excluding hydrogens is 286 g/mol. The highest BCUT2D eigenvalue weighted by molar-refractivity contribution is 7.89. The maximum absolute atomic E-state index is 12.5. The topological polar surface area (TPSA) is 92.5 Å². The minimum atomic E-state index is -3.61. The molecule has 1 aliphatic rings. The smallest absolute Gasteiger partial charge is 0.276 e. The van der Waals surface area contributed by atoms with Gasteiger partial charge in [0, 0.05) is 13.1 Å². The van der Waals surface area contributed by atoms with Gasteiger partial charge < -0.3 is 0 Å². The first kappa shape index (κ1) is 14.4. The summed E-state index contributed by atoms with van der Waals surface area (Å²) in [5.41, 5.74) is 1.98. The van der Waals surface area contributed by atoms with Crippen LogP contribution < -0.4 is 11.3 Å². The first-order valence-electron chi connectivity index (χ1n) is 6.05. The van der Waals surface area contributed by atoms with Crippen LogP contribution >= 0.6 is 11.3 Å². The highest BCUT2D eigenvalue weighted by atomic mass is 32.2. The Labute approximate surface area is 116 Å². The molecule has 8 heteroatoms. The van der Waals surface area contributed by atoms with Gasteiger partial charge in [-0.1, -0.05) is 6.92 Å². The Morgan fingerprint density at radius 1 is 1.58 bits per heavy atom. The summed E-state index contributed by atoms with van der Waals surface area (Å²) >= 11 is 1.08. The summed E-state index contributed by atoms with van der Waals surface area (Å²) in [6.07, 6.45) is 1.88. The van der Waals surface area contributed by atoms with E-state index in [1.54, 1.807) is 5.38 Å². The fourth-order valence-electron chi connectivity index (χ4n) is 2.24. The van der Waals surface area contributed by atoms with Crippen molar-refractivity contribution in [3.63, 3.8) is 0 Å². The summed E-state index contributed by atoms with van der Waals surface area (Å²) in [4.78, 5) is 11.8. The number of hydrazine groups is 1. The second kappa shape index (κ2) is 5.58. The molecule has 0 radical (unpaired) electrons. The van der Waals surface area contributed by atoms with E-state index >= 15 is 0 Å². The molecule has 1 fully saturated rings. The number of nitrogens with one attached hydrogen (secondary N) is 1. The van der Waals surface area contributed by atoms with Gasteiger partial charge in [-0.25, -0.2) is 14.3 Å². The molecule has 1 saturated heterocycles. The molecule has 19 heavy (non-hydrogen) atoms. The number of sulfonamides is 1. The molecule has 2 heterocycles. The highest BCUT2D eigenvalue weighted by Gasteiger charge is 2.32. The Kier molecular flexibility index (Phi) is 4.24. The Morgan fingerprint density at radius 2 is 2.32 bits per heavy atom. The molecule has 1 aliphatic heterocycles. The molecule has 0 aromatic carbocycles. The van der Waals surface area contributed by atoms with E-state index in [-0.39, 0.29) is 9.77 Å². The largest absolute Gasteiger partial charge is 0.289 e. The monoisotopic (exact) mass is 303 g/mol. The van der Waals surface area contributed by atoms with E-state index in [0.717, 1.165) is 24.2 Å². The Morgan fingerprint density at radius 3 is 2.95 bits per heavy atom. The van der Waals surface area contributed by atoms with Crippen LogP contribution in [-0.2, 0) is 10.0 Å². The van der Waals surface area contributed by atoms with Crippen LogP contribution in [0, 0.1) is 5.92 Å². The van der Waals surface area contributed by atoms with Crippen LogP contribution in [-0.4, -0.2) is 31.7 Å². The Hall–Kier alpha value is -0.960. The van der Waals surface area contributed by atoms with Crippen molar-refractivity contribution in [2.75, 3.05) is 13.1 Å². The number of piperidine rings is 1. The third-order valence-electron chi connectivity index (χ3n) is 3.20. The van der Waals surface area contributed by atoms with Crippen LogP contribution in [0.5, 0.6) is 0 Å². The zero-order chi connectivity index (χ0) is 14.0. The molecule has 1 unspecified atom stereocenters. The van der Waals surface area contributed by atoms with Crippen molar-refractivity contribution in [3.8, 4) is 0 Å². The van der Waals surface area contributed by atoms with Crippen LogP contribution in [0.1, 0.15) is 29.4 Å². The van der Waals surface area contributed by atoms with Crippen molar-refractivity contribution in [3.05, 3.63) is 16.3 Å². The lowest BCUT2D eigenvalue weighted by atomic mass is 10.0. The number of carbonyl (C=O) groups excluding carboxylic acids is 1. The number of rotatable bonds is 3. The first-order chi connectivity index (χ1) is 8.96. The van der Waals surface area contributed by atoms with E-state index in [0.29, 0.717) is 19.0 Å². The molecule has 3 N–H and O–H groups in total. The molecule has 0 bridgehead atoms. The fraction of sp³-hybridized carbons (Fsp3) is 0.545. The van der Waals surface area contributed by atoms with Crippen LogP contribution in [0.15, 0.2) is 16.3 Å². The van der Waals surface area contributed by atoms with Gasteiger partial charge >= 0.3 is 0 Å². The summed E-state index contributed by atoms with van der Waals surface area (Å²) < 4.78 is 26.5. The number of nitrogen functional groups attached to an aromatic ring is 1. The van der Waals surface area contributed by atoms with Gasteiger partial charge in [-0.05, 0) is 30.2 Å². The molecular formula is C11H17N3O3S2. The molecule has 0 saturated carbocycles. The molecule has 1 amide bonds. The van der Waals surface area contributed by atoms with Crippen molar-refractivity contribution in [2.45, 2.75) is 24.7 Å². The Balaban J connectivity index is 2.34. The molecule has 2 rings (SSSR count). The number of nitrogens with two attached hydrogens (primary N) is 1. The predicted molar refractivity (Wildman–Crippen MR) is 73.1 cm³/mol. The minimum absolute atomic E-state index is 0.0505. The van der Waals surface area contributed by atoms with E-state index in [4.69, 9.17) is 5.84 Å². The van der Waals surface area contributed by atoms with Crippen LogP contribution in [0.2, 0.25) is 0 Å². The first-order valence-corrected chi connectivity index (χ1v) is 8.37. The Bertz CT molecular complexity index is 567. The van der Waals surface area contributed by atoms with Crippen molar-refractivity contribution in [1.29, 1.82) is 0 Å². The maximum atomic E-state index is 12.5. The molecule has 1 aromatic rings. The van der Waals surface area contributed by atoms with Crippen LogP contribution in [0.4, 0.5) is 0 Å². The number of thiophene rings is 1.